The second-order valence-electron chi connectivity index (χ2n) is 2.75. The zero-order chi connectivity index (χ0) is 10.2. The van der Waals surface area contributed by atoms with Crippen LogP contribution >= 0.6 is 0 Å². The van der Waals surface area contributed by atoms with Gasteiger partial charge in [0.1, 0.15) is 5.75 Å². The molecule has 0 aliphatic carbocycles. The van der Waals surface area contributed by atoms with Crippen molar-refractivity contribution in [1.29, 1.82) is 0 Å². The first-order chi connectivity index (χ1) is 6.79. The third-order valence-electron chi connectivity index (χ3n) is 1.56. The van der Waals surface area contributed by atoms with Gasteiger partial charge in [0.25, 0.3) is 0 Å². The van der Waals surface area contributed by atoms with Crippen LogP contribution in [0.4, 0.5) is 5.69 Å². The topological polar surface area (TPSA) is 46.2 Å². The molecule has 0 radical (unpaired) electrons. The Morgan fingerprint density at radius 1 is 0.714 bits per heavy atom. The lowest BCUT2D eigenvalue weighted by Gasteiger charge is -1.89. The molecule has 0 unspecified atom stereocenters. The summed E-state index contributed by atoms with van der Waals surface area (Å²) in [4.78, 5) is 0. The van der Waals surface area contributed by atoms with Crippen LogP contribution < -0.4 is 5.73 Å². The van der Waals surface area contributed by atoms with Gasteiger partial charge < -0.3 is 10.8 Å². The lowest BCUT2D eigenvalue weighted by Crippen LogP contribution is -1.80. The monoisotopic (exact) mass is 187 g/mol. The minimum absolute atomic E-state index is 0.249. The summed E-state index contributed by atoms with van der Waals surface area (Å²) in [5.74, 6) is 0.249. The Morgan fingerprint density at radius 3 is 1.36 bits per heavy atom. The predicted molar refractivity (Wildman–Crippen MR) is 59.0 cm³/mol. The fourth-order valence-electron chi connectivity index (χ4n) is 0.859. The van der Waals surface area contributed by atoms with Gasteiger partial charge in [0, 0.05) is 5.69 Å². The van der Waals surface area contributed by atoms with E-state index in [0.29, 0.717) is 5.69 Å². The highest BCUT2D eigenvalue weighted by Gasteiger charge is 1.82. The largest absolute Gasteiger partial charge is 0.508 e. The van der Waals surface area contributed by atoms with Crippen molar-refractivity contribution in [2.45, 2.75) is 0 Å². The number of anilines is 1. The quantitative estimate of drug-likeness (QED) is 0.492. The number of nitrogens with two attached hydrogens (primary N) is 1. The normalized spacial score (nSPS) is 8.57. The molecule has 2 nitrogen and oxygen atoms in total. The maximum Gasteiger partial charge on any atom is 0.115 e. The van der Waals surface area contributed by atoms with Crippen LogP contribution in [0.15, 0.2) is 60.7 Å². The van der Waals surface area contributed by atoms with Gasteiger partial charge >= 0.3 is 0 Å². The Kier molecular flexibility index (Phi) is 4.08. The lowest BCUT2D eigenvalue weighted by atomic mass is 10.3. The molecule has 0 amide bonds. The third kappa shape index (κ3) is 4.16. The van der Waals surface area contributed by atoms with E-state index in [4.69, 9.17) is 10.8 Å². The molecule has 2 heteroatoms. The maximum atomic E-state index is 8.70. The van der Waals surface area contributed by atoms with E-state index in [1.165, 1.54) is 0 Å². The summed E-state index contributed by atoms with van der Waals surface area (Å²) in [6, 6.07) is 18.4. The maximum absolute atomic E-state index is 8.70. The number of benzene rings is 2. The highest BCUT2D eigenvalue weighted by molar-refractivity contribution is 5.40. The number of hydrogen-bond acceptors (Lipinski definition) is 2. The van der Waals surface area contributed by atoms with E-state index in [9.17, 15) is 0 Å². The third-order valence-corrected chi connectivity index (χ3v) is 1.56. The van der Waals surface area contributed by atoms with E-state index in [1.54, 1.807) is 24.3 Å². The highest BCUT2D eigenvalue weighted by Crippen LogP contribution is 2.09. The highest BCUT2D eigenvalue weighted by atomic mass is 16.3. The van der Waals surface area contributed by atoms with Gasteiger partial charge in [-0.3, -0.25) is 0 Å². The van der Waals surface area contributed by atoms with Gasteiger partial charge in [-0.1, -0.05) is 36.4 Å². The van der Waals surface area contributed by atoms with E-state index in [2.05, 4.69) is 0 Å². The molecule has 2 aromatic carbocycles. The summed E-state index contributed by atoms with van der Waals surface area (Å²) in [6.45, 7) is 0. The first kappa shape index (κ1) is 10.1. The van der Waals surface area contributed by atoms with Crippen LogP contribution in [-0.2, 0) is 0 Å². The van der Waals surface area contributed by atoms with Gasteiger partial charge in [-0.25, -0.2) is 0 Å². The van der Waals surface area contributed by atoms with Crippen LogP contribution in [0.3, 0.4) is 0 Å². The molecule has 2 aromatic rings. The molecule has 0 saturated carbocycles. The lowest BCUT2D eigenvalue weighted by molar-refractivity contribution is 0.475. The summed E-state index contributed by atoms with van der Waals surface area (Å²) in [5.41, 5.74) is 5.98. The molecule has 14 heavy (non-hydrogen) atoms. The SMILES string of the molecule is Nc1ccc(O)cc1.c1ccccc1. The van der Waals surface area contributed by atoms with Crippen LogP contribution in [0, 0.1) is 0 Å². The first-order valence-electron chi connectivity index (χ1n) is 4.33. The van der Waals surface area contributed by atoms with Crippen molar-refractivity contribution in [3.63, 3.8) is 0 Å². The van der Waals surface area contributed by atoms with Crippen molar-refractivity contribution in [2.75, 3.05) is 5.73 Å². The van der Waals surface area contributed by atoms with Gasteiger partial charge in [0.05, 0.1) is 0 Å². The number of nitrogen functional groups attached to an aromatic ring is 1. The molecule has 0 saturated heterocycles. The fraction of sp³-hybridized carbons (Fsp3) is 0. The summed E-state index contributed by atoms with van der Waals surface area (Å²) in [5, 5.41) is 8.70. The van der Waals surface area contributed by atoms with Crippen molar-refractivity contribution < 1.29 is 5.11 Å². The Hall–Kier alpha value is -1.96. The number of phenols is 1. The van der Waals surface area contributed by atoms with Gasteiger partial charge in [-0.05, 0) is 24.3 Å². The second-order valence-corrected chi connectivity index (χ2v) is 2.75. The van der Waals surface area contributed by atoms with Crippen molar-refractivity contribution in [1.82, 2.24) is 0 Å². The molecule has 3 N–H and O–H groups in total. The van der Waals surface area contributed by atoms with Gasteiger partial charge in [-0.15, -0.1) is 0 Å². The van der Waals surface area contributed by atoms with Crippen LogP contribution in [0.2, 0.25) is 0 Å². The molecule has 0 atom stereocenters. The molecule has 0 fully saturated rings. The Balaban J connectivity index is 0.000000146. The molecule has 0 aliphatic rings. The van der Waals surface area contributed by atoms with Crippen LogP contribution in [0.25, 0.3) is 0 Å². The molecule has 0 heterocycles. The summed E-state index contributed by atoms with van der Waals surface area (Å²) in [7, 11) is 0. The van der Waals surface area contributed by atoms with Gasteiger partial charge in [0.15, 0.2) is 0 Å². The van der Waals surface area contributed by atoms with Gasteiger partial charge in [0.2, 0.25) is 0 Å². The van der Waals surface area contributed by atoms with Crippen molar-refractivity contribution in [3.8, 4) is 5.75 Å². The van der Waals surface area contributed by atoms with Crippen LogP contribution in [0.1, 0.15) is 0 Å². The van der Waals surface area contributed by atoms with E-state index < -0.39 is 0 Å². The van der Waals surface area contributed by atoms with Crippen molar-refractivity contribution in [3.05, 3.63) is 60.7 Å². The number of rotatable bonds is 0. The van der Waals surface area contributed by atoms with Crippen molar-refractivity contribution >= 4 is 5.69 Å². The van der Waals surface area contributed by atoms with Crippen molar-refractivity contribution in [2.24, 2.45) is 0 Å². The van der Waals surface area contributed by atoms with E-state index >= 15 is 0 Å². The average molecular weight is 187 g/mol. The van der Waals surface area contributed by atoms with Crippen LogP contribution in [0.5, 0.6) is 5.75 Å². The Labute approximate surface area is 83.6 Å². The predicted octanol–water partition coefficient (Wildman–Crippen LogP) is 2.66. The molecule has 0 aromatic heterocycles. The number of hydrogen-bond donors (Lipinski definition) is 2. The molecule has 72 valence electrons. The molecular weight excluding hydrogens is 174 g/mol. The molecule has 2 rings (SSSR count). The summed E-state index contributed by atoms with van der Waals surface area (Å²) in [6.07, 6.45) is 0. The second kappa shape index (κ2) is 5.65. The van der Waals surface area contributed by atoms with Crippen LogP contribution in [-0.4, -0.2) is 5.11 Å². The van der Waals surface area contributed by atoms with E-state index in [0.717, 1.165) is 0 Å². The van der Waals surface area contributed by atoms with E-state index in [-0.39, 0.29) is 5.75 Å². The molecule has 0 spiro atoms. The first-order valence-corrected chi connectivity index (χ1v) is 4.33. The van der Waals surface area contributed by atoms with E-state index in [1.807, 2.05) is 36.4 Å². The standard InChI is InChI=1S/C6H7NO.C6H6/c7-5-1-3-6(8)4-2-5;1-2-4-6-5-3-1/h1-4,8H,7H2;1-6H. The molecular formula is C12H13NO. The Morgan fingerprint density at radius 2 is 1.07 bits per heavy atom. The summed E-state index contributed by atoms with van der Waals surface area (Å²) < 4.78 is 0. The number of phenolic OH excluding ortho intramolecular Hbond substituents is 1. The fourth-order valence-corrected chi connectivity index (χ4v) is 0.859. The Bertz CT molecular complexity index is 295. The minimum Gasteiger partial charge on any atom is -0.508 e. The molecule has 0 bridgehead atoms. The molecule has 0 aliphatic heterocycles. The zero-order valence-corrected chi connectivity index (χ0v) is 7.80. The minimum atomic E-state index is 0.249. The zero-order valence-electron chi connectivity index (χ0n) is 7.80. The number of aromatic hydroxyl groups is 1. The smallest absolute Gasteiger partial charge is 0.115 e. The average Bonchev–Trinajstić information content (AvgIpc) is 2.26. The summed E-state index contributed by atoms with van der Waals surface area (Å²) >= 11 is 0. The van der Waals surface area contributed by atoms with Gasteiger partial charge in [-0.2, -0.15) is 0 Å².